The van der Waals surface area contributed by atoms with E-state index in [4.69, 9.17) is 5.73 Å². The number of benzene rings is 1. The molecule has 1 atom stereocenters. The maximum Gasteiger partial charge on any atom is 0.248 e. The number of piperidine rings is 1. The van der Waals surface area contributed by atoms with Crippen molar-refractivity contribution in [3.63, 3.8) is 0 Å². The third-order valence-corrected chi connectivity index (χ3v) is 5.03. The van der Waals surface area contributed by atoms with Crippen LogP contribution >= 0.6 is 15.9 Å². The maximum atomic E-state index is 13.7. The van der Waals surface area contributed by atoms with E-state index in [1.165, 1.54) is 18.2 Å². The molecule has 2 heterocycles. The first-order valence-electron chi connectivity index (χ1n) is 8.87. The zero-order chi connectivity index (χ0) is 20.1. The smallest absolute Gasteiger partial charge is 0.248 e. The number of anilines is 2. The molecule has 6 nitrogen and oxygen atoms in total. The molecule has 8 heteroatoms. The molecule has 3 N–H and O–H groups in total. The quantitative estimate of drug-likeness (QED) is 0.689. The Kier molecular flexibility index (Phi) is 6.41. The number of pyridine rings is 1. The largest absolute Gasteiger partial charge is 0.369 e. The minimum atomic E-state index is -0.408. The molecule has 146 valence electrons. The minimum Gasteiger partial charge on any atom is -0.369 e. The van der Waals surface area contributed by atoms with Gasteiger partial charge in [0.15, 0.2) is 0 Å². The maximum absolute atomic E-state index is 13.7. The van der Waals surface area contributed by atoms with E-state index in [0.29, 0.717) is 17.8 Å². The Morgan fingerprint density at radius 3 is 2.86 bits per heavy atom. The van der Waals surface area contributed by atoms with Gasteiger partial charge in [0.05, 0.1) is 17.8 Å². The van der Waals surface area contributed by atoms with Gasteiger partial charge >= 0.3 is 0 Å². The van der Waals surface area contributed by atoms with Gasteiger partial charge in [-0.1, -0.05) is 15.9 Å². The molecule has 2 amide bonds. The number of carbonyl (C=O) groups is 2. The van der Waals surface area contributed by atoms with Gasteiger partial charge in [-0.15, -0.1) is 0 Å². The molecule has 1 unspecified atom stereocenters. The average molecular weight is 447 g/mol. The molecule has 0 spiro atoms. The van der Waals surface area contributed by atoms with Crippen LogP contribution in [0.2, 0.25) is 0 Å². The zero-order valence-electron chi connectivity index (χ0n) is 15.1. The number of amides is 2. The predicted molar refractivity (Wildman–Crippen MR) is 110 cm³/mol. The van der Waals surface area contributed by atoms with Crippen molar-refractivity contribution in [3.05, 3.63) is 58.5 Å². The van der Waals surface area contributed by atoms with Gasteiger partial charge in [-0.05, 0) is 49.2 Å². The van der Waals surface area contributed by atoms with Gasteiger partial charge in [0.2, 0.25) is 11.8 Å². The molecule has 1 aromatic heterocycles. The molecular formula is C20H20BrFN4O2. The molecule has 1 saturated heterocycles. The van der Waals surface area contributed by atoms with Crippen molar-refractivity contribution in [2.75, 3.05) is 23.3 Å². The van der Waals surface area contributed by atoms with Crippen molar-refractivity contribution in [1.29, 1.82) is 0 Å². The minimum absolute atomic E-state index is 0.168. The first-order valence-corrected chi connectivity index (χ1v) is 9.66. The highest BCUT2D eigenvalue weighted by atomic mass is 79.9. The molecular weight excluding hydrogens is 427 g/mol. The summed E-state index contributed by atoms with van der Waals surface area (Å²) in [6.07, 6.45) is 5.90. The van der Waals surface area contributed by atoms with Gasteiger partial charge in [0.1, 0.15) is 11.6 Å². The first-order chi connectivity index (χ1) is 13.4. The van der Waals surface area contributed by atoms with Crippen molar-refractivity contribution >= 4 is 45.3 Å². The van der Waals surface area contributed by atoms with Gasteiger partial charge in [0, 0.05) is 29.2 Å². The summed E-state index contributed by atoms with van der Waals surface area (Å²) in [6.45, 7) is 1.36. The van der Waals surface area contributed by atoms with Crippen LogP contribution in [-0.2, 0) is 9.59 Å². The molecule has 3 rings (SSSR count). The SMILES string of the molecule is NC(=O)C1CCCN(c2ccc(NC(=O)/C=C/c3cc(Br)ccc3F)cn2)C1. The lowest BCUT2D eigenvalue weighted by molar-refractivity contribution is -0.122. The Morgan fingerprint density at radius 1 is 1.32 bits per heavy atom. The topological polar surface area (TPSA) is 88.3 Å². The highest BCUT2D eigenvalue weighted by Gasteiger charge is 2.24. The van der Waals surface area contributed by atoms with Crippen LogP contribution < -0.4 is 16.0 Å². The lowest BCUT2D eigenvalue weighted by Crippen LogP contribution is -2.41. The Hall–Kier alpha value is -2.74. The number of rotatable bonds is 5. The molecule has 1 aromatic carbocycles. The van der Waals surface area contributed by atoms with E-state index in [-0.39, 0.29) is 17.7 Å². The fourth-order valence-electron chi connectivity index (χ4n) is 3.06. The van der Waals surface area contributed by atoms with E-state index >= 15 is 0 Å². The van der Waals surface area contributed by atoms with Gasteiger partial charge in [-0.25, -0.2) is 9.37 Å². The van der Waals surface area contributed by atoms with E-state index in [9.17, 15) is 14.0 Å². The van der Waals surface area contributed by atoms with Crippen LogP contribution in [0.5, 0.6) is 0 Å². The second-order valence-electron chi connectivity index (χ2n) is 6.58. The molecule has 1 aliphatic heterocycles. The lowest BCUT2D eigenvalue weighted by Gasteiger charge is -2.32. The molecule has 1 aliphatic rings. The molecule has 1 fully saturated rings. The molecule has 28 heavy (non-hydrogen) atoms. The van der Waals surface area contributed by atoms with Crippen molar-refractivity contribution in [3.8, 4) is 0 Å². The molecule has 0 aliphatic carbocycles. The Labute approximate surface area is 170 Å². The fraction of sp³-hybridized carbons (Fsp3) is 0.250. The third-order valence-electron chi connectivity index (χ3n) is 4.54. The number of primary amides is 1. The normalized spacial score (nSPS) is 16.9. The summed E-state index contributed by atoms with van der Waals surface area (Å²) in [4.78, 5) is 29.8. The highest BCUT2D eigenvalue weighted by Crippen LogP contribution is 2.22. The number of hydrogen-bond donors (Lipinski definition) is 2. The van der Waals surface area contributed by atoms with E-state index in [0.717, 1.165) is 29.7 Å². The van der Waals surface area contributed by atoms with Crippen molar-refractivity contribution in [2.45, 2.75) is 12.8 Å². The van der Waals surface area contributed by atoms with Crippen LogP contribution in [0.3, 0.4) is 0 Å². The molecule has 0 saturated carbocycles. The van der Waals surface area contributed by atoms with Gasteiger partial charge in [-0.3, -0.25) is 9.59 Å². The zero-order valence-corrected chi connectivity index (χ0v) is 16.7. The van der Waals surface area contributed by atoms with E-state index < -0.39 is 5.82 Å². The third kappa shape index (κ3) is 5.16. The van der Waals surface area contributed by atoms with E-state index in [1.807, 2.05) is 4.90 Å². The summed E-state index contributed by atoms with van der Waals surface area (Å²) in [7, 11) is 0. The van der Waals surface area contributed by atoms with Crippen LogP contribution in [0.1, 0.15) is 18.4 Å². The summed E-state index contributed by atoms with van der Waals surface area (Å²) in [5, 5.41) is 2.69. The second-order valence-corrected chi connectivity index (χ2v) is 7.50. The predicted octanol–water partition coefficient (Wildman–Crippen LogP) is 3.34. The lowest BCUT2D eigenvalue weighted by atomic mass is 9.97. The van der Waals surface area contributed by atoms with Crippen molar-refractivity contribution in [1.82, 2.24) is 4.98 Å². The number of halogens is 2. The molecule has 2 aromatic rings. The Bertz CT molecular complexity index is 902. The van der Waals surface area contributed by atoms with Crippen LogP contribution in [0.25, 0.3) is 6.08 Å². The molecule has 0 radical (unpaired) electrons. The van der Waals surface area contributed by atoms with Crippen LogP contribution in [0.15, 0.2) is 47.1 Å². The number of nitrogens with one attached hydrogen (secondary N) is 1. The van der Waals surface area contributed by atoms with Crippen molar-refractivity contribution < 1.29 is 14.0 Å². The number of hydrogen-bond acceptors (Lipinski definition) is 4. The standard InChI is InChI=1S/C20H20BrFN4O2/c21-15-4-6-17(22)13(10-15)3-8-19(27)25-16-5-7-18(24-11-16)26-9-1-2-14(12-26)20(23)28/h3-8,10-11,14H,1-2,9,12H2,(H2,23,28)(H,25,27)/b8-3+. The van der Waals surface area contributed by atoms with Gasteiger partial charge in [-0.2, -0.15) is 0 Å². The van der Waals surface area contributed by atoms with Crippen LogP contribution in [0.4, 0.5) is 15.9 Å². The summed E-state index contributed by atoms with van der Waals surface area (Å²) in [5.41, 5.74) is 6.25. The Morgan fingerprint density at radius 2 is 2.14 bits per heavy atom. The molecule has 0 bridgehead atoms. The van der Waals surface area contributed by atoms with Gasteiger partial charge < -0.3 is 16.0 Å². The van der Waals surface area contributed by atoms with Crippen LogP contribution in [0, 0.1) is 11.7 Å². The number of nitrogens with zero attached hydrogens (tertiary/aromatic N) is 2. The second kappa shape index (κ2) is 8.97. The summed E-state index contributed by atoms with van der Waals surface area (Å²) < 4.78 is 14.4. The van der Waals surface area contributed by atoms with E-state index in [1.54, 1.807) is 30.5 Å². The monoisotopic (exact) mass is 446 g/mol. The van der Waals surface area contributed by atoms with Crippen LogP contribution in [-0.4, -0.2) is 29.9 Å². The summed E-state index contributed by atoms with van der Waals surface area (Å²) in [6, 6.07) is 8.04. The van der Waals surface area contributed by atoms with E-state index in [2.05, 4.69) is 26.2 Å². The summed E-state index contributed by atoms with van der Waals surface area (Å²) in [5.74, 6) is -0.522. The average Bonchev–Trinajstić information content (AvgIpc) is 2.69. The Balaban J connectivity index is 1.61. The fourth-order valence-corrected chi connectivity index (χ4v) is 3.44. The highest BCUT2D eigenvalue weighted by molar-refractivity contribution is 9.10. The van der Waals surface area contributed by atoms with Gasteiger partial charge in [0.25, 0.3) is 0 Å². The summed E-state index contributed by atoms with van der Waals surface area (Å²) >= 11 is 3.27. The first kappa shape index (κ1) is 20.0. The van der Waals surface area contributed by atoms with Crippen molar-refractivity contribution in [2.24, 2.45) is 11.7 Å². The number of aromatic nitrogens is 1. The number of nitrogens with two attached hydrogens (primary N) is 1. The number of carbonyl (C=O) groups excluding carboxylic acids is 2.